The van der Waals surface area contributed by atoms with E-state index in [4.69, 9.17) is 8.85 Å². The molecule has 0 saturated carbocycles. The highest BCUT2D eigenvalue weighted by atomic mass is 28.4. The van der Waals surface area contributed by atoms with Gasteiger partial charge in [-0.15, -0.1) is 0 Å². The highest BCUT2D eigenvalue weighted by molar-refractivity contribution is 6.65. The normalized spacial score (nSPS) is 11.8. The van der Waals surface area contributed by atoms with Crippen molar-refractivity contribution in [2.75, 3.05) is 6.61 Å². The predicted octanol–water partition coefficient (Wildman–Crippen LogP) is 8.64. The van der Waals surface area contributed by atoms with E-state index in [1.165, 1.54) is 81.4 Å². The van der Waals surface area contributed by atoms with Crippen molar-refractivity contribution >= 4 is 19.3 Å². The Balaban J connectivity index is 1.53. The van der Waals surface area contributed by atoms with Gasteiger partial charge in [-0.05, 0) is 31.0 Å². The van der Waals surface area contributed by atoms with Crippen molar-refractivity contribution in [3.05, 3.63) is 42.5 Å². The molecule has 0 radical (unpaired) electrons. The fourth-order valence-electron chi connectivity index (χ4n) is 3.84. The number of hydrogen-bond donors (Lipinski definition) is 0. The van der Waals surface area contributed by atoms with Crippen LogP contribution in [0.2, 0.25) is 13.1 Å². The number of rotatable bonds is 16. The Hall–Kier alpha value is -1.32. The summed E-state index contributed by atoms with van der Waals surface area (Å²) in [5, 5.41) is 2.39. The van der Waals surface area contributed by atoms with Crippen LogP contribution in [-0.4, -0.2) is 15.2 Å². The highest BCUT2D eigenvalue weighted by Gasteiger charge is 2.27. The molecular formula is C26H42O2Si. The lowest BCUT2D eigenvalue weighted by molar-refractivity contribution is 0.241. The molecule has 0 bridgehead atoms. The standard InChI is InChI=1S/C26H42O2Si/c1-4-5-6-7-8-9-10-11-12-13-14-17-23-27-29(2,3)28-26-22-18-20-24-19-15-16-21-25(24)26/h15-16,18-22H,4-14,17,23H2,1-3H3. The minimum absolute atomic E-state index is 0.821. The quantitative estimate of drug-likeness (QED) is 0.202. The predicted molar refractivity (Wildman–Crippen MR) is 129 cm³/mol. The van der Waals surface area contributed by atoms with E-state index in [9.17, 15) is 0 Å². The number of unbranched alkanes of at least 4 members (excludes halogenated alkanes) is 11. The van der Waals surface area contributed by atoms with Gasteiger partial charge < -0.3 is 8.85 Å². The molecule has 0 N–H and O–H groups in total. The molecule has 0 saturated heterocycles. The average Bonchev–Trinajstić information content (AvgIpc) is 2.71. The van der Waals surface area contributed by atoms with Crippen molar-refractivity contribution in [3.8, 4) is 5.75 Å². The molecule has 2 aromatic rings. The van der Waals surface area contributed by atoms with Crippen LogP contribution >= 0.6 is 0 Å². The third kappa shape index (κ3) is 9.82. The van der Waals surface area contributed by atoms with Gasteiger partial charge in [0.15, 0.2) is 0 Å². The van der Waals surface area contributed by atoms with Gasteiger partial charge in [0, 0.05) is 12.0 Å². The van der Waals surface area contributed by atoms with Crippen LogP contribution in [0.25, 0.3) is 10.8 Å². The van der Waals surface area contributed by atoms with E-state index in [2.05, 4.69) is 62.5 Å². The zero-order valence-corrected chi connectivity index (χ0v) is 20.1. The summed E-state index contributed by atoms with van der Waals surface area (Å²) in [6.45, 7) is 7.40. The molecule has 29 heavy (non-hydrogen) atoms. The number of fused-ring (bicyclic) bond motifs is 1. The maximum absolute atomic E-state index is 6.34. The molecule has 0 atom stereocenters. The minimum Gasteiger partial charge on any atom is -0.520 e. The van der Waals surface area contributed by atoms with Crippen LogP contribution in [0.1, 0.15) is 84.0 Å². The van der Waals surface area contributed by atoms with Gasteiger partial charge in [0.25, 0.3) is 0 Å². The molecular weight excluding hydrogens is 372 g/mol. The van der Waals surface area contributed by atoms with Gasteiger partial charge in [0.2, 0.25) is 0 Å². The maximum atomic E-state index is 6.34. The van der Waals surface area contributed by atoms with Crippen LogP contribution in [0.3, 0.4) is 0 Å². The summed E-state index contributed by atoms with van der Waals surface area (Å²) in [4.78, 5) is 0. The Kier molecular flexibility index (Phi) is 11.4. The summed E-state index contributed by atoms with van der Waals surface area (Å²) in [6.07, 6.45) is 16.4. The first-order valence-corrected chi connectivity index (χ1v) is 14.7. The van der Waals surface area contributed by atoms with Gasteiger partial charge in [-0.25, -0.2) is 0 Å². The molecule has 0 unspecified atom stereocenters. The Morgan fingerprint density at radius 1 is 0.655 bits per heavy atom. The lowest BCUT2D eigenvalue weighted by Crippen LogP contribution is -2.38. The number of hydrogen-bond acceptors (Lipinski definition) is 2. The summed E-state index contributed by atoms with van der Waals surface area (Å²) in [5.41, 5.74) is 0. The van der Waals surface area contributed by atoms with Crippen molar-refractivity contribution in [2.24, 2.45) is 0 Å². The lowest BCUT2D eigenvalue weighted by Gasteiger charge is -2.24. The third-order valence-electron chi connectivity index (χ3n) is 5.55. The summed E-state index contributed by atoms with van der Waals surface area (Å²) in [6, 6.07) is 14.6. The lowest BCUT2D eigenvalue weighted by atomic mass is 10.1. The Labute approximate surface area is 180 Å². The van der Waals surface area contributed by atoms with Crippen molar-refractivity contribution in [1.29, 1.82) is 0 Å². The van der Waals surface area contributed by atoms with E-state index in [0.717, 1.165) is 18.8 Å². The smallest absolute Gasteiger partial charge is 0.392 e. The van der Waals surface area contributed by atoms with Gasteiger partial charge in [-0.1, -0.05) is 114 Å². The zero-order valence-electron chi connectivity index (χ0n) is 19.1. The first kappa shape index (κ1) is 24.0. The van der Waals surface area contributed by atoms with Crippen LogP contribution in [0.4, 0.5) is 0 Å². The second-order valence-corrected chi connectivity index (χ2v) is 12.0. The van der Waals surface area contributed by atoms with Gasteiger partial charge in [-0.3, -0.25) is 0 Å². The summed E-state index contributed by atoms with van der Waals surface area (Å²) < 4.78 is 12.5. The highest BCUT2D eigenvalue weighted by Crippen LogP contribution is 2.27. The van der Waals surface area contributed by atoms with Gasteiger partial charge in [0.1, 0.15) is 5.75 Å². The topological polar surface area (TPSA) is 18.5 Å². The van der Waals surface area contributed by atoms with Crippen molar-refractivity contribution < 1.29 is 8.85 Å². The van der Waals surface area contributed by atoms with Crippen LogP contribution in [0.15, 0.2) is 42.5 Å². The molecule has 0 aliphatic rings. The Bertz CT molecular complexity index is 678. The molecule has 2 aromatic carbocycles. The summed E-state index contributed by atoms with van der Waals surface area (Å²) >= 11 is 0. The van der Waals surface area contributed by atoms with Crippen molar-refractivity contribution in [1.82, 2.24) is 0 Å². The van der Waals surface area contributed by atoms with E-state index in [1.807, 2.05) is 0 Å². The SMILES string of the molecule is CCCCCCCCCCCCCCO[Si](C)(C)Oc1cccc2ccccc12. The second kappa shape index (κ2) is 13.8. The van der Waals surface area contributed by atoms with Crippen LogP contribution < -0.4 is 4.43 Å². The molecule has 0 heterocycles. The summed E-state index contributed by atoms with van der Waals surface area (Å²) in [5.74, 6) is 0.953. The molecule has 2 rings (SSSR count). The molecule has 0 aliphatic heterocycles. The Morgan fingerprint density at radius 2 is 1.21 bits per heavy atom. The maximum Gasteiger partial charge on any atom is 0.392 e. The monoisotopic (exact) mass is 414 g/mol. The second-order valence-electron chi connectivity index (χ2n) is 8.72. The first-order valence-electron chi connectivity index (χ1n) is 11.9. The molecule has 3 heteroatoms. The van der Waals surface area contributed by atoms with E-state index in [1.54, 1.807) is 0 Å². The molecule has 0 aromatic heterocycles. The van der Waals surface area contributed by atoms with Gasteiger partial charge in [-0.2, -0.15) is 0 Å². The van der Waals surface area contributed by atoms with E-state index in [-0.39, 0.29) is 0 Å². The largest absolute Gasteiger partial charge is 0.520 e. The molecule has 0 spiro atoms. The van der Waals surface area contributed by atoms with Crippen molar-refractivity contribution in [2.45, 2.75) is 97.1 Å². The molecule has 0 amide bonds. The van der Waals surface area contributed by atoms with Gasteiger partial charge in [0.05, 0.1) is 0 Å². The van der Waals surface area contributed by atoms with Gasteiger partial charge >= 0.3 is 8.56 Å². The van der Waals surface area contributed by atoms with Crippen LogP contribution in [-0.2, 0) is 4.43 Å². The molecule has 2 nitrogen and oxygen atoms in total. The molecule has 0 aliphatic carbocycles. The molecule has 0 fully saturated rings. The van der Waals surface area contributed by atoms with E-state index < -0.39 is 8.56 Å². The summed E-state index contributed by atoms with van der Waals surface area (Å²) in [7, 11) is -2.16. The zero-order chi connectivity index (χ0) is 20.8. The van der Waals surface area contributed by atoms with Crippen LogP contribution in [0, 0.1) is 0 Å². The van der Waals surface area contributed by atoms with E-state index >= 15 is 0 Å². The van der Waals surface area contributed by atoms with Crippen molar-refractivity contribution in [3.63, 3.8) is 0 Å². The number of benzene rings is 2. The van der Waals surface area contributed by atoms with Crippen LogP contribution in [0.5, 0.6) is 5.75 Å². The fraction of sp³-hybridized carbons (Fsp3) is 0.615. The third-order valence-corrected chi connectivity index (χ3v) is 7.16. The fourth-order valence-corrected chi connectivity index (χ4v) is 5.24. The average molecular weight is 415 g/mol. The Morgan fingerprint density at radius 3 is 1.86 bits per heavy atom. The first-order chi connectivity index (χ1) is 14.1. The molecule has 162 valence electrons. The van der Waals surface area contributed by atoms with E-state index in [0.29, 0.717) is 0 Å². The minimum atomic E-state index is -2.16.